The van der Waals surface area contributed by atoms with E-state index in [1.54, 1.807) is 36.2 Å². The van der Waals surface area contributed by atoms with E-state index in [4.69, 9.17) is 9.47 Å². The van der Waals surface area contributed by atoms with Crippen molar-refractivity contribution in [3.63, 3.8) is 0 Å². The van der Waals surface area contributed by atoms with Gasteiger partial charge in [0.05, 0.1) is 19.1 Å². The lowest BCUT2D eigenvalue weighted by molar-refractivity contribution is -0.152. The largest absolute Gasteiger partial charge is 0.493 e. The molecular weight excluding hydrogens is 358 g/mol. The van der Waals surface area contributed by atoms with Gasteiger partial charge < -0.3 is 14.4 Å². The molecule has 1 atom stereocenters. The fourth-order valence-corrected chi connectivity index (χ4v) is 2.53. The molecule has 1 unspecified atom stereocenters. The number of carbonyl (C=O) groups excluding carboxylic acids is 3. The van der Waals surface area contributed by atoms with Crippen molar-refractivity contribution in [2.75, 3.05) is 20.3 Å². The quantitative estimate of drug-likeness (QED) is 0.490. The van der Waals surface area contributed by atoms with E-state index < -0.39 is 5.97 Å². The van der Waals surface area contributed by atoms with Gasteiger partial charge in [0.25, 0.3) is 5.91 Å². The Labute approximate surface area is 165 Å². The van der Waals surface area contributed by atoms with Gasteiger partial charge in [-0.1, -0.05) is 30.3 Å². The second-order valence-corrected chi connectivity index (χ2v) is 6.43. The van der Waals surface area contributed by atoms with E-state index >= 15 is 0 Å². The van der Waals surface area contributed by atoms with Crippen molar-refractivity contribution in [3.05, 3.63) is 65.7 Å². The molecule has 0 aliphatic rings. The summed E-state index contributed by atoms with van der Waals surface area (Å²) in [5, 5.41) is 0. The maximum atomic E-state index is 12.2. The van der Waals surface area contributed by atoms with Crippen LogP contribution in [0.3, 0.4) is 0 Å². The third kappa shape index (κ3) is 6.23. The van der Waals surface area contributed by atoms with Crippen LogP contribution in [0.4, 0.5) is 0 Å². The Kier molecular flexibility index (Phi) is 7.75. The lowest BCUT2D eigenvalue weighted by Crippen LogP contribution is -2.33. The number of rotatable bonds is 9. The van der Waals surface area contributed by atoms with E-state index in [-0.39, 0.29) is 37.4 Å². The van der Waals surface area contributed by atoms with Gasteiger partial charge >= 0.3 is 5.97 Å². The minimum absolute atomic E-state index is 0.0219. The average molecular weight is 383 g/mol. The van der Waals surface area contributed by atoms with E-state index in [0.29, 0.717) is 11.3 Å². The van der Waals surface area contributed by atoms with Crippen molar-refractivity contribution in [1.82, 2.24) is 4.90 Å². The van der Waals surface area contributed by atoms with Crippen LogP contribution in [-0.4, -0.2) is 42.8 Å². The van der Waals surface area contributed by atoms with Crippen LogP contribution in [0.25, 0.3) is 0 Å². The predicted octanol–water partition coefficient (Wildman–Crippen LogP) is 3.42. The topological polar surface area (TPSA) is 72.9 Å². The maximum absolute atomic E-state index is 12.2. The van der Waals surface area contributed by atoms with E-state index in [0.717, 1.165) is 5.56 Å². The molecule has 0 saturated carbocycles. The summed E-state index contributed by atoms with van der Waals surface area (Å²) in [4.78, 5) is 36.8. The monoisotopic (exact) mass is 383 g/mol. The summed E-state index contributed by atoms with van der Waals surface area (Å²) >= 11 is 0. The molecule has 0 aliphatic heterocycles. The van der Waals surface area contributed by atoms with Crippen LogP contribution < -0.4 is 4.74 Å². The highest BCUT2D eigenvalue weighted by Crippen LogP contribution is 2.18. The molecule has 0 aliphatic carbocycles. The molecule has 0 bridgehead atoms. The molecular formula is C22H25NO5. The highest BCUT2D eigenvalue weighted by molar-refractivity contribution is 5.94. The van der Waals surface area contributed by atoms with E-state index in [1.807, 2.05) is 37.3 Å². The van der Waals surface area contributed by atoms with Crippen molar-refractivity contribution in [2.45, 2.75) is 26.3 Å². The molecule has 0 aromatic heterocycles. The number of amides is 1. The molecule has 0 N–H and O–H groups in total. The first-order valence-electron chi connectivity index (χ1n) is 9.08. The van der Waals surface area contributed by atoms with Crippen LogP contribution in [-0.2, 0) is 14.3 Å². The third-order valence-corrected chi connectivity index (χ3v) is 4.45. The van der Waals surface area contributed by atoms with Gasteiger partial charge in [-0.15, -0.1) is 0 Å². The predicted molar refractivity (Wildman–Crippen MR) is 105 cm³/mol. The second-order valence-electron chi connectivity index (χ2n) is 6.43. The van der Waals surface area contributed by atoms with Crippen molar-refractivity contribution < 1.29 is 23.9 Å². The summed E-state index contributed by atoms with van der Waals surface area (Å²) in [6.45, 7) is 3.23. The molecule has 28 heavy (non-hydrogen) atoms. The zero-order chi connectivity index (χ0) is 20.5. The second kappa shape index (κ2) is 10.3. The van der Waals surface area contributed by atoms with Crippen LogP contribution in [0.15, 0.2) is 54.6 Å². The van der Waals surface area contributed by atoms with Crippen molar-refractivity contribution in [2.24, 2.45) is 0 Å². The molecule has 6 nitrogen and oxygen atoms in total. The number of hydrogen-bond acceptors (Lipinski definition) is 5. The summed E-state index contributed by atoms with van der Waals surface area (Å²) in [6, 6.07) is 16.2. The highest BCUT2D eigenvalue weighted by Gasteiger charge is 2.18. The summed E-state index contributed by atoms with van der Waals surface area (Å²) in [6.07, 6.45) is 0.0275. The normalized spacial score (nSPS) is 11.4. The van der Waals surface area contributed by atoms with Crippen LogP contribution in [0.2, 0.25) is 0 Å². The lowest BCUT2D eigenvalue weighted by Gasteiger charge is -2.25. The van der Waals surface area contributed by atoms with Gasteiger partial charge in [0.1, 0.15) is 5.75 Å². The van der Waals surface area contributed by atoms with Gasteiger partial charge in [-0.2, -0.15) is 0 Å². The number of esters is 1. The van der Waals surface area contributed by atoms with Crippen LogP contribution in [0, 0.1) is 0 Å². The lowest BCUT2D eigenvalue weighted by atomic mass is 10.1. The minimum atomic E-state index is -0.505. The minimum Gasteiger partial charge on any atom is -0.493 e. The highest BCUT2D eigenvalue weighted by atomic mass is 16.5. The van der Waals surface area contributed by atoms with E-state index in [2.05, 4.69) is 0 Å². The summed E-state index contributed by atoms with van der Waals surface area (Å²) in [5.74, 6) is -0.239. The smallest absolute Gasteiger partial charge is 0.309 e. The fourth-order valence-electron chi connectivity index (χ4n) is 2.53. The van der Waals surface area contributed by atoms with Gasteiger partial charge in [0.2, 0.25) is 0 Å². The molecule has 0 fully saturated rings. The summed E-state index contributed by atoms with van der Waals surface area (Å²) in [7, 11) is 1.68. The van der Waals surface area contributed by atoms with Gasteiger partial charge in [-0.25, -0.2) is 0 Å². The fraction of sp³-hybridized carbons (Fsp3) is 0.318. The Hall–Kier alpha value is -3.15. The number of likely N-dealkylation sites (N-methyl/N-ethyl adjacent to an activating group) is 1. The van der Waals surface area contributed by atoms with E-state index in [1.165, 1.54) is 6.92 Å². The molecule has 148 valence electrons. The number of nitrogens with zero attached hydrogens (tertiary/aromatic N) is 1. The number of Topliss-reactive ketones (excluding diaryl/α,β-unsaturated/α-hetero) is 1. The van der Waals surface area contributed by atoms with Gasteiger partial charge in [0, 0.05) is 12.6 Å². The SMILES string of the molecule is CC(=O)c1ccc(OCCC(=O)OCC(=O)N(C)C(C)c2ccccc2)cc1. The van der Waals surface area contributed by atoms with Gasteiger partial charge in [-0.05, 0) is 43.7 Å². The average Bonchev–Trinajstić information content (AvgIpc) is 2.72. The zero-order valence-electron chi connectivity index (χ0n) is 16.4. The zero-order valence-corrected chi connectivity index (χ0v) is 16.4. The number of carbonyl (C=O) groups is 3. The molecule has 2 aromatic rings. The first-order valence-corrected chi connectivity index (χ1v) is 9.08. The number of benzene rings is 2. The molecule has 0 heterocycles. The van der Waals surface area contributed by atoms with Crippen molar-refractivity contribution >= 4 is 17.7 Å². The van der Waals surface area contributed by atoms with Crippen LogP contribution >= 0.6 is 0 Å². The summed E-state index contributed by atoms with van der Waals surface area (Å²) in [5.41, 5.74) is 1.60. The number of ether oxygens (including phenoxy) is 2. The maximum Gasteiger partial charge on any atom is 0.309 e. The van der Waals surface area contributed by atoms with Gasteiger partial charge in [-0.3, -0.25) is 14.4 Å². The first kappa shape index (κ1) is 21.2. The summed E-state index contributed by atoms with van der Waals surface area (Å²) < 4.78 is 10.5. The number of ketones is 1. The first-order chi connectivity index (χ1) is 13.4. The third-order valence-electron chi connectivity index (χ3n) is 4.45. The van der Waals surface area contributed by atoms with E-state index in [9.17, 15) is 14.4 Å². The molecule has 2 rings (SSSR count). The molecule has 0 saturated heterocycles. The van der Waals surface area contributed by atoms with Crippen LogP contribution in [0.1, 0.15) is 42.2 Å². The Morgan fingerprint density at radius 1 is 1.00 bits per heavy atom. The molecule has 0 radical (unpaired) electrons. The van der Waals surface area contributed by atoms with Gasteiger partial charge in [0.15, 0.2) is 12.4 Å². The number of hydrogen-bond donors (Lipinski definition) is 0. The molecule has 0 spiro atoms. The van der Waals surface area contributed by atoms with Crippen LogP contribution in [0.5, 0.6) is 5.75 Å². The Morgan fingerprint density at radius 3 is 2.25 bits per heavy atom. The standard InChI is InChI=1S/C22H25NO5/c1-16(18-7-5-4-6-8-18)23(3)21(25)15-28-22(26)13-14-27-20-11-9-19(10-12-20)17(2)24/h4-12,16H,13-15H2,1-3H3. The molecule has 6 heteroatoms. The Bertz CT molecular complexity index is 801. The van der Waals surface area contributed by atoms with Crippen molar-refractivity contribution in [3.8, 4) is 5.75 Å². The Morgan fingerprint density at radius 2 is 1.64 bits per heavy atom. The molecule has 1 amide bonds. The Balaban J connectivity index is 1.71. The molecule has 2 aromatic carbocycles. The van der Waals surface area contributed by atoms with Crippen molar-refractivity contribution in [1.29, 1.82) is 0 Å².